The average molecular weight is 479 g/mol. The fourth-order valence-corrected chi connectivity index (χ4v) is 6.35. The van der Waals surface area contributed by atoms with Crippen molar-refractivity contribution in [3.63, 3.8) is 0 Å². The molecule has 0 spiro atoms. The highest BCUT2D eigenvalue weighted by atomic mass is 32.2. The Hall–Kier alpha value is -2.63. The van der Waals surface area contributed by atoms with Gasteiger partial charge in [0.05, 0.1) is 0 Å². The minimum atomic E-state index is -3.68. The maximum absolute atomic E-state index is 13.3. The number of benzene rings is 1. The Morgan fingerprint density at radius 3 is 2.72 bits per heavy atom. The third kappa shape index (κ3) is 4.59. The molecule has 1 aliphatic heterocycles. The summed E-state index contributed by atoms with van der Waals surface area (Å²) in [6.45, 7) is 4.11. The van der Waals surface area contributed by atoms with Crippen LogP contribution in [0.3, 0.4) is 0 Å². The van der Waals surface area contributed by atoms with Gasteiger partial charge in [0.25, 0.3) is 10.0 Å². The molecular formula is C21H23FN4O4S2. The van der Waals surface area contributed by atoms with Crippen LogP contribution in [0.5, 0.6) is 0 Å². The van der Waals surface area contributed by atoms with Gasteiger partial charge in [-0.1, -0.05) is 12.1 Å². The zero-order valence-corrected chi connectivity index (χ0v) is 19.3. The standard InChI is InChI=1S/C21H23FN4O4S2/c1-3-18-24-20(25-30-18)15-11-19(31-12-15)32(28,29)26-8-6-14(7-9-26)21(27)23-17-5-4-16(22)10-13(17)2/h4-5,10-12,14H,3,6-9H2,1-2H3,(H,23,27). The highest BCUT2D eigenvalue weighted by Crippen LogP contribution is 2.31. The lowest BCUT2D eigenvalue weighted by molar-refractivity contribution is -0.120. The van der Waals surface area contributed by atoms with Gasteiger partial charge in [-0.3, -0.25) is 4.79 Å². The second-order valence-electron chi connectivity index (χ2n) is 7.65. The zero-order valence-electron chi connectivity index (χ0n) is 17.7. The lowest BCUT2D eigenvalue weighted by Crippen LogP contribution is -2.41. The highest BCUT2D eigenvalue weighted by Gasteiger charge is 2.33. The van der Waals surface area contributed by atoms with Crippen LogP contribution in [0.25, 0.3) is 11.4 Å². The Balaban J connectivity index is 1.39. The van der Waals surface area contributed by atoms with Crippen LogP contribution >= 0.6 is 11.3 Å². The lowest BCUT2D eigenvalue weighted by Gasteiger charge is -2.30. The van der Waals surface area contributed by atoms with Gasteiger partial charge in [-0.15, -0.1) is 11.3 Å². The van der Waals surface area contributed by atoms with Gasteiger partial charge in [0, 0.05) is 42.1 Å². The molecular weight excluding hydrogens is 455 g/mol. The Bertz CT molecular complexity index is 1230. The molecule has 8 nitrogen and oxygen atoms in total. The minimum Gasteiger partial charge on any atom is -0.339 e. The number of aromatic nitrogens is 2. The van der Waals surface area contributed by atoms with Crippen molar-refractivity contribution in [1.29, 1.82) is 0 Å². The van der Waals surface area contributed by atoms with Gasteiger partial charge in [-0.25, -0.2) is 12.8 Å². The van der Waals surface area contributed by atoms with Crippen LogP contribution in [-0.4, -0.2) is 41.9 Å². The molecule has 0 unspecified atom stereocenters. The molecule has 1 saturated heterocycles. The molecule has 0 saturated carbocycles. The Morgan fingerprint density at radius 1 is 1.31 bits per heavy atom. The Morgan fingerprint density at radius 2 is 2.06 bits per heavy atom. The van der Waals surface area contributed by atoms with Crippen molar-refractivity contribution in [2.24, 2.45) is 5.92 Å². The average Bonchev–Trinajstić information content (AvgIpc) is 3.45. The van der Waals surface area contributed by atoms with Gasteiger partial charge < -0.3 is 9.84 Å². The third-order valence-electron chi connectivity index (χ3n) is 5.47. The molecule has 170 valence electrons. The van der Waals surface area contributed by atoms with Crippen molar-refractivity contribution in [3.8, 4) is 11.4 Å². The molecule has 0 atom stereocenters. The summed E-state index contributed by atoms with van der Waals surface area (Å²) in [6, 6.07) is 5.74. The fraction of sp³-hybridized carbons (Fsp3) is 0.381. The number of hydrogen-bond donors (Lipinski definition) is 1. The van der Waals surface area contributed by atoms with Gasteiger partial charge in [-0.2, -0.15) is 9.29 Å². The summed E-state index contributed by atoms with van der Waals surface area (Å²) >= 11 is 1.11. The van der Waals surface area contributed by atoms with Gasteiger partial charge >= 0.3 is 0 Å². The summed E-state index contributed by atoms with van der Waals surface area (Å²) in [6.07, 6.45) is 1.42. The van der Waals surface area contributed by atoms with E-state index in [1.54, 1.807) is 18.4 Å². The fourth-order valence-electron chi connectivity index (χ4n) is 3.57. The Kier molecular flexibility index (Phi) is 6.40. The van der Waals surface area contributed by atoms with Gasteiger partial charge in [0.15, 0.2) is 0 Å². The molecule has 1 amide bonds. The van der Waals surface area contributed by atoms with E-state index >= 15 is 0 Å². The first-order chi connectivity index (χ1) is 15.3. The number of carbonyl (C=O) groups is 1. The summed E-state index contributed by atoms with van der Waals surface area (Å²) in [7, 11) is -3.68. The first-order valence-electron chi connectivity index (χ1n) is 10.3. The molecule has 1 N–H and O–H groups in total. The number of carbonyl (C=O) groups excluding carboxylic acids is 1. The Labute approximate surface area is 189 Å². The van der Waals surface area contributed by atoms with Crippen LogP contribution in [0.2, 0.25) is 0 Å². The van der Waals surface area contributed by atoms with E-state index in [9.17, 15) is 17.6 Å². The normalized spacial score (nSPS) is 15.7. The molecule has 2 aromatic heterocycles. The second kappa shape index (κ2) is 9.08. The lowest BCUT2D eigenvalue weighted by atomic mass is 9.97. The van der Waals surface area contributed by atoms with E-state index in [0.29, 0.717) is 47.8 Å². The predicted octanol–water partition coefficient (Wildman–Crippen LogP) is 3.85. The van der Waals surface area contributed by atoms with E-state index in [4.69, 9.17) is 4.52 Å². The van der Waals surface area contributed by atoms with Crippen molar-refractivity contribution in [3.05, 3.63) is 46.9 Å². The van der Waals surface area contributed by atoms with Crippen LogP contribution in [0.1, 0.15) is 31.2 Å². The minimum absolute atomic E-state index is 0.181. The molecule has 1 fully saturated rings. The number of aryl methyl sites for hydroxylation is 2. The predicted molar refractivity (Wildman–Crippen MR) is 118 cm³/mol. The maximum atomic E-state index is 13.3. The van der Waals surface area contributed by atoms with E-state index in [0.717, 1.165) is 11.3 Å². The quantitative estimate of drug-likeness (QED) is 0.577. The van der Waals surface area contributed by atoms with Crippen molar-refractivity contribution in [2.75, 3.05) is 18.4 Å². The number of thiophene rings is 1. The topological polar surface area (TPSA) is 105 Å². The summed E-state index contributed by atoms with van der Waals surface area (Å²) in [5, 5.41) is 8.41. The molecule has 1 aromatic carbocycles. The number of hydrogen-bond acceptors (Lipinski definition) is 7. The molecule has 0 bridgehead atoms. The van der Waals surface area contributed by atoms with Crippen molar-refractivity contribution >= 4 is 33.0 Å². The smallest absolute Gasteiger partial charge is 0.252 e. The highest BCUT2D eigenvalue weighted by molar-refractivity contribution is 7.91. The number of rotatable bonds is 6. The molecule has 3 heterocycles. The van der Waals surface area contributed by atoms with Gasteiger partial charge in [0.1, 0.15) is 10.0 Å². The van der Waals surface area contributed by atoms with E-state index in [-0.39, 0.29) is 34.9 Å². The van der Waals surface area contributed by atoms with Crippen LogP contribution in [0, 0.1) is 18.7 Å². The van der Waals surface area contributed by atoms with Crippen molar-refractivity contribution < 1.29 is 22.1 Å². The van der Waals surface area contributed by atoms with Crippen molar-refractivity contribution in [1.82, 2.24) is 14.4 Å². The number of anilines is 1. The second-order valence-corrected chi connectivity index (χ2v) is 10.7. The first-order valence-corrected chi connectivity index (χ1v) is 12.6. The first kappa shape index (κ1) is 22.6. The number of halogens is 1. The SMILES string of the molecule is CCc1nc(-c2csc(S(=O)(=O)N3CCC(C(=O)Nc4ccc(F)cc4C)CC3)c2)no1. The van der Waals surface area contributed by atoms with E-state index < -0.39 is 10.0 Å². The zero-order chi connectivity index (χ0) is 22.9. The summed E-state index contributed by atoms with van der Waals surface area (Å²) in [4.78, 5) is 16.9. The van der Waals surface area contributed by atoms with Crippen molar-refractivity contribution in [2.45, 2.75) is 37.3 Å². The number of nitrogens with one attached hydrogen (secondary N) is 1. The van der Waals surface area contributed by atoms with E-state index in [1.807, 2.05) is 6.92 Å². The van der Waals surface area contributed by atoms with Crippen LogP contribution in [0.4, 0.5) is 10.1 Å². The van der Waals surface area contributed by atoms with Crippen LogP contribution in [0.15, 0.2) is 38.4 Å². The van der Waals surface area contributed by atoms with E-state index in [1.165, 1.54) is 22.5 Å². The number of amides is 1. The van der Waals surface area contributed by atoms with Gasteiger partial charge in [-0.05, 0) is 49.6 Å². The van der Waals surface area contributed by atoms with Crippen LogP contribution in [-0.2, 0) is 21.2 Å². The molecule has 32 heavy (non-hydrogen) atoms. The molecule has 3 aromatic rings. The summed E-state index contributed by atoms with van der Waals surface area (Å²) in [5.41, 5.74) is 1.80. The molecule has 4 rings (SSSR count). The number of piperidine rings is 1. The third-order valence-corrected chi connectivity index (χ3v) is 8.78. The summed E-state index contributed by atoms with van der Waals surface area (Å²) in [5.74, 6) is 0.00860. The van der Waals surface area contributed by atoms with Gasteiger partial charge in [0.2, 0.25) is 17.6 Å². The molecule has 0 aliphatic carbocycles. The maximum Gasteiger partial charge on any atom is 0.252 e. The summed E-state index contributed by atoms with van der Waals surface area (Å²) < 4.78 is 46.1. The molecule has 1 aliphatic rings. The van der Waals surface area contributed by atoms with Crippen LogP contribution < -0.4 is 5.32 Å². The number of sulfonamides is 1. The largest absolute Gasteiger partial charge is 0.339 e. The number of nitrogens with zero attached hydrogens (tertiary/aromatic N) is 3. The molecule has 11 heteroatoms. The monoisotopic (exact) mass is 478 g/mol. The molecule has 0 radical (unpaired) electrons. The van der Waals surface area contributed by atoms with E-state index in [2.05, 4.69) is 15.5 Å².